The number of carbonyl (C=O) groups excluding carboxylic acids is 1. The van der Waals surface area contributed by atoms with E-state index in [4.69, 9.17) is 10.5 Å². The molecular formula is C13H21BrN2O2S. The van der Waals surface area contributed by atoms with E-state index < -0.39 is 0 Å². The Morgan fingerprint density at radius 2 is 2.21 bits per heavy atom. The highest BCUT2D eigenvalue weighted by Gasteiger charge is 2.18. The number of carbonyl (C=O) groups is 1. The molecule has 0 saturated heterocycles. The molecule has 1 aromatic heterocycles. The molecule has 0 aliphatic carbocycles. The molecule has 108 valence electrons. The summed E-state index contributed by atoms with van der Waals surface area (Å²) in [5.74, 6) is 1.13. The molecule has 0 fully saturated rings. The summed E-state index contributed by atoms with van der Waals surface area (Å²) in [6, 6.07) is 1.88. The normalized spacial score (nSPS) is 12.6. The molecular weight excluding hydrogens is 328 g/mol. The Morgan fingerprint density at radius 3 is 2.68 bits per heavy atom. The molecule has 0 saturated carbocycles. The second-order valence-electron chi connectivity index (χ2n) is 4.88. The lowest BCUT2D eigenvalue weighted by atomic mass is 10.0. The second-order valence-corrected chi connectivity index (χ2v) is 7.25. The number of nitrogens with two attached hydrogens (primary N) is 1. The molecule has 1 amide bonds. The van der Waals surface area contributed by atoms with Crippen molar-refractivity contribution in [3.63, 3.8) is 0 Å². The number of hydrogen-bond acceptors (Lipinski definition) is 4. The van der Waals surface area contributed by atoms with Crippen LogP contribution in [0.4, 0.5) is 0 Å². The van der Waals surface area contributed by atoms with E-state index in [0.717, 1.165) is 10.2 Å². The molecule has 1 rings (SSSR count). The summed E-state index contributed by atoms with van der Waals surface area (Å²) < 4.78 is 6.00. The van der Waals surface area contributed by atoms with Crippen LogP contribution < -0.4 is 10.5 Å². The highest BCUT2D eigenvalue weighted by molar-refractivity contribution is 9.11. The van der Waals surface area contributed by atoms with Gasteiger partial charge in [-0.15, -0.1) is 11.3 Å². The lowest BCUT2D eigenvalue weighted by Crippen LogP contribution is -2.34. The van der Waals surface area contributed by atoms with Crippen molar-refractivity contribution in [1.29, 1.82) is 0 Å². The van der Waals surface area contributed by atoms with E-state index in [2.05, 4.69) is 29.8 Å². The van der Waals surface area contributed by atoms with E-state index >= 15 is 0 Å². The third kappa shape index (κ3) is 4.47. The number of nitrogens with zero attached hydrogens (tertiary/aromatic N) is 1. The van der Waals surface area contributed by atoms with Crippen LogP contribution in [-0.2, 0) is 0 Å². The first-order valence-electron chi connectivity index (χ1n) is 6.21. The van der Waals surface area contributed by atoms with Crippen molar-refractivity contribution < 1.29 is 9.53 Å². The molecule has 1 heterocycles. The Labute approximate surface area is 127 Å². The predicted octanol–water partition coefficient (Wildman–Crippen LogP) is 2.96. The monoisotopic (exact) mass is 348 g/mol. The lowest BCUT2D eigenvalue weighted by Gasteiger charge is -2.21. The van der Waals surface area contributed by atoms with E-state index in [0.29, 0.717) is 23.1 Å². The van der Waals surface area contributed by atoms with Gasteiger partial charge in [0.05, 0.1) is 12.0 Å². The molecule has 0 aliphatic rings. The van der Waals surface area contributed by atoms with Gasteiger partial charge < -0.3 is 15.4 Å². The smallest absolute Gasteiger partial charge is 0.263 e. The quantitative estimate of drug-likeness (QED) is 0.859. The third-order valence-electron chi connectivity index (χ3n) is 3.09. The van der Waals surface area contributed by atoms with Gasteiger partial charge in [0.25, 0.3) is 5.91 Å². The Balaban J connectivity index is 2.61. The number of thiophene rings is 1. The van der Waals surface area contributed by atoms with Gasteiger partial charge in [0.1, 0.15) is 9.54 Å². The van der Waals surface area contributed by atoms with Crippen LogP contribution in [0.25, 0.3) is 0 Å². The van der Waals surface area contributed by atoms with Gasteiger partial charge in [0, 0.05) is 25.7 Å². The van der Waals surface area contributed by atoms with E-state index in [1.165, 1.54) is 11.3 Å². The number of methoxy groups -OCH3 is 1. The zero-order chi connectivity index (χ0) is 14.6. The van der Waals surface area contributed by atoms with Crippen LogP contribution in [-0.4, -0.2) is 37.6 Å². The van der Waals surface area contributed by atoms with Gasteiger partial charge in [-0.1, -0.05) is 13.8 Å². The van der Waals surface area contributed by atoms with Crippen LogP contribution in [0.3, 0.4) is 0 Å². The molecule has 19 heavy (non-hydrogen) atoms. The average molecular weight is 349 g/mol. The van der Waals surface area contributed by atoms with Crippen molar-refractivity contribution in [2.45, 2.75) is 26.3 Å². The largest absolute Gasteiger partial charge is 0.495 e. The first-order chi connectivity index (χ1) is 8.86. The molecule has 1 aromatic rings. The third-order valence-corrected chi connectivity index (χ3v) is 4.86. The van der Waals surface area contributed by atoms with Gasteiger partial charge in [-0.2, -0.15) is 0 Å². The van der Waals surface area contributed by atoms with Crippen molar-refractivity contribution in [2.75, 3.05) is 20.7 Å². The summed E-state index contributed by atoms with van der Waals surface area (Å²) in [7, 11) is 3.39. The predicted molar refractivity (Wildman–Crippen MR) is 83.0 cm³/mol. The topological polar surface area (TPSA) is 55.6 Å². The van der Waals surface area contributed by atoms with Gasteiger partial charge in [-0.3, -0.25) is 4.79 Å². The maximum Gasteiger partial charge on any atom is 0.263 e. The number of rotatable bonds is 6. The molecule has 6 heteroatoms. The molecule has 2 N–H and O–H groups in total. The molecule has 0 spiro atoms. The number of amides is 1. The van der Waals surface area contributed by atoms with Gasteiger partial charge in [-0.05, 0) is 28.3 Å². The van der Waals surface area contributed by atoms with Crippen molar-refractivity contribution in [2.24, 2.45) is 11.7 Å². The van der Waals surface area contributed by atoms with Crippen molar-refractivity contribution in [3.05, 3.63) is 14.7 Å². The summed E-state index contributed by atoms with van der Waals surface area (Å²) in [5.41, 5.74) is 5.99. The van der Waals surface area contributed by atoms with Crippen LogP contribution in [0.5, 0.6) is 5.75 Å². The standard InChI is InChI=1S/C13H21BrN2O2S/c1-8(2)9(15)5-6-16(3)13(17)11-7-10(18-4)12(14)19-11/h7-9H,5-6,15H2,1-4H3. The van der Waals surface area contributed by atoms with Crippen molar-refractivity contribution >= 4 is 33.2 Å². The fourth-order valence-electron chi connectivity index (χ4n) is 1.56. The minimum absolute atomic E-state index is 0.00459. The molecule has 0 bridgehead atoms. The average Bonchev–Trinajstić information content (AvgIpc) is 2.75. The molecule has 0 aliphatic heterocycles. The van der Waals surface area contributed by atoms with Crippen LogP contribution in [0.2, 0.25) is 0 Å². The number of hydrogen-bond donors (Lipinski definition) is 1. The van der Waals surface area contributed by atoms with E-state index in [1.807, 2.05) is 0 Å². The fraction of sp³-hybridized carbons (Fsp3) is 0.615. The molecule has 4 nitrogen and oxygen atoms in total. The lowest BCUT2D eigenvalue weighted by molar-refractivity contribution is 0.0793. The summed E-state index contributed by atoms with van der Waals surface area (Å²) in [4.78, 5) is 14.6. The Kier molecular flexibility index (Phi) is 6.29. The SMILES string of the molecule is COc1cc(C(=O)N(C)CCC(N)C(C)C)sc1Br. The maximum absolute atomic E-state index is 12.2. The van der Waals surface area contributed by atoms with E-state index in [9.17, 15) is 4.79 Å². The minimum atomic E-state index is 0.00459. The first-order valence-corrected chi connectivity index (χ1v) is 7.82. The number of ether oxygens (including phenoxy) is 1. The van der Waals surface area contributed by atoms with Gasteiger partial charge in [0.2, 0.25) is 0 Å². The summed E-state index contributed by atoms with van der Waals surface area (Å²) in [6.07, 6.45) is 0.809. The zero-order valence-electron chi connectivity index (χ0n) is 11.8. The van der Waals surface area contributed by atoms with Gasteiger partial charge >= 0.3 is 0 Å². The van der Waals surface area contributed by atoms with Crippen LogP contribution >= 0.6 is 27.3 Å². The van der Waals surface area contributed by atoms with Crippen LogP contribution in [0.15, 0.2) is 9.85 Å². The Bertz CT molecular complexity index is 434. The number of halogens is 1. The van der Waals surface area contributed by atoms with Crippen LogP contribution in [0.1, 0.15) is 29.9 Å². The summed E-state index contributed by atoms with van der Waals surface area (Å²) >= 11 is 4.76. The molecule has 0 radical (unpaired) electrons. The molecule has 1 unspecified atom stereocenters. The summed E-state index contributed by atoms with van der Waals surface area (Å²) in [6.45, 7) is 4.84. The van der Waals surface area contributed by atoms with Gasteiger partial charge in [-0.25, -0.2) is 0 Å². The fourth-order valence-corrected chi connectivity index (χ4v) is 3.21. The van der Waals surface area contributed by atoms with E-state index in [-0.39, 0.29) is 11.9 Å². The molecule has 0 aromatic carbocycles. The minimum Gasteiger partial charge on any atom is -0.495 e. The summed E-state index contributed by atoms with van der Waals surface area (Å²) in [5, 5.41) is 0. The van der Waals surface area contributed by atoms with Crippen molar-refractivity contribution in [1.82, 2.24) is 4.90 Å². The first kappa shape index (κ1) is 16.5. The Hall–Kier alpha value is -0.590. The molecule has 1 atom stereocenters. The van der Waals surface area contributed by atoms with E-state index in [1.54, 1.807) is 25.1 Å². The maximum atomic E-state index is 12.2. The highest BCUT2D eigenvalue weighted by Crippen LogP contribution is 2.34. The second kappa shape index (κ2) is 7.26. The highest BCUT2D eigenvalue weighted by atomic mass is 79.9. The van der Waals surface area contributed by atoms with Crippen molar-refractivity contribution in [3.8, 4) is 5.75 Å². The van der Waals surface area contributed by atoms with Crippen LogP contribution in [0, 0.1) is 5.92 Å². The van der Waals surface area contributed by atoms with Gasteiger partial charge in [0.15, 0.2) is 0 Å². The zero-order valence-corrected chi connectivity index (χ0v) is 14.2. The Morgan fingerprint density at radius 1 is 1.58 bits per heavy atom.